The number of hydrogen-bond acceptors (Lipinski definition) is 20. The van der Waals surface area contributed by atoms with E-state index in [1.807, 2.05) is 0 Å². The van der Waals surface area contributed by atoms with Gasteiger partial charge in [-0.2, -0.15) is 0 Å². The van der Waals surface area contributed by atoms with Crippen molar-refractivity contribution in [2.24, 2.45) is 0 Å². The largest absolute Gasteiger partial charge is 0.505 e. The number of amides is 2. The van der Waals surface area contributed by atoms with E-state index in [9.17, 15) is 49.2 Å². The van der Waals surface area contributed by atoms with E-state index < -0.39 is 118 Å². The molecule has 2 aliphatic heterocycles. The number of aromatic amines is 3. The van der Waals surface area contributed by atoms with Crippen LogP contribution >= 0.6 is 0 Å². The van der Waals surface area contributed by atoms with Crippen LogP contribution in [0.2, 0.25) is 0 Å². The van der Waals surface area contributed by atoms with Crippen molar-refractivity contribution in [3.05, 3.63) is 127 Å². The molecule has 2 fully saturated rings. The number of nitrogens with one attached hydrogen (secondary N) is 5. The minimum Gasteiger partial charge on any atom is -0.505 e. The number of ether oxygens (including phenoxy) is 8. The lowest BCUT2D eigenvalue weighted by Crippen LogP contribution is -2.65. The van der Waals surface area contributed by atoms with Crippen LogP contribution in [0.1, 0.15) is 86.2 Å². The van der Waals surface area contributed by atoms with Gasteiger partial charge in [0, 0.05) is 43.9 Å². The Kier molecular flexibility index (Phi) is 14.5. The van der Waals surface area contributed by atoms with E-state index in [1.54, 1.807) is 39.8 Å². The first kappa shape index (κ1) is 54.3. The Balaban J connectivity index is 0.892. The topological polar surface area (TPSA) is 355 Å². The summed E-state index contributed by atoms with van der Waals surface area (Å²) in [5.41, 5.74) is -6.05. The van der Waals surface area contributed by atoms with Gasteiger partial charge in [-0.1, -0.05) is 0 Å². The number of methoxy groups -OCH3 is 2. The second kappa shape index (κ2) is 20.8. The van der Waals surface area contributed by atoms with Crippen molar-refractivity contribution in [3.8, 4) is 23.0 Å². The van der Waals surface area contributed by atoms with Crippen LogP contribution in [0.4, 0.5) is 11.4 Å². The summed E-state index contributed by atoms with van der Waals surface area (Å²) in [6.07, 6.45) is -6.24. The zero-order valence-electron chi connectivity index (χ0n) is 43.3. The van der Waals surface area contributed by atoms with Gasteiger partial charge < -0.3 is 92.7 Å². The van der Waals surface area contributed by atoms with Crippen LogP contribution in [-0.4, -0.2) is 134 Å². The zero-order valence-corrected chi connectivity index (χ0v) is 43.3. The van der Waals surface area contributed by atoms with E-state index >= 15 is 0 Å². The van der Waals surface area contributed by atoms with Crippen molar-refractivity contribution in [1.29, 1.82) is 0 Å². The summed E-state index contributed by atoms with van der Waals surface area (Å²) in [5.74, 6) is -4.73. The molecule has 25 nitrogen and oxygen atoms in total. The maximum Gasteiger partial charge on any atom is 0.364 e. The van der Waals surface area contributed by atoms with Crippen molar-refractivity contribution >= 4 is 57.1 Å². The third-order valence-electron chi connectivity index (χ3n) is 13.7. The monoisotopic (exact) mass is 1080 g/mol. The van der Waals surface area contributed by atoms with Crippen LogP contribution < -0.4 is 31.4 Å². The fourth-order valence-corrected chi connectivity index (χ4v) is 9.69. The first-order valence-electron chi connectivity index (χ1n) is 24.1. The van der Waals surface area contributed by atoms with Gasteiger partial charge in [-0.15, -0.1) is 0 Å². The molecule has 2 saturated heterocycles. The summed E-state index contributed by atoms with van der Waals surface area (Å²) in [6.45, 7) is 11.0. The van der Waals surface area contributed by atoms with E-state index in [0.29, 0.717) is 0 Å². The number of hydrogen-bond donors (Lipinski definition) is 9. The van der Waals surface area contributed by atoms with Gasteiger partial charge in [0.15, 0.2) is 47.3 Å². The van der Waals surface area contributed by atoms with Crippen LogP contribution in [0.15, 0.2) is 85.5 Å². The first-order chi connectivity index (χ1) is 37.0. The van der Waals surface area contributed by atoms with E-state index in [1.165, 1.54) is 83.8 Å². The molecule has 9 N–H and O–H groups in total. The minimum atomic E-state index is -1.59. The van der Waals surface area contributed by atoms with Crippen molar-refractivity contribution in [3.63, 3.8) is 0 Å². The van der Waals surface area contributed by atoms with Crippen molar-refractivity contribution in [2.75, 3.05) is 24.9 Å². The molecule has 0 spiro atoms. The molecule has 0 bridgehead atoms. The maximum atomic E-state index is 13.7. The molecule has 7 heterocycles. The highest BCUT2D eigenvalue weighted by Crippen LogP contribution is 2.41. The van der Waals surface area contributed by atoms with Crippen molar-refractivity contribution in [2.45, 2.75) is 109 Å². The lowest BCUT2D eigenvalue weighted by Gasteiger charge is -2.47. The number of H-pyrrole nitrogens is 3. The number of aliphatic hydroxyl groups is 2. The van der Waals surface area contributed by atoms with Gasteiger partial charge >= 0.3 is 23.2 Å². The molecule has 25 heteroatoms. The number of anilines is 2. The molecule has 0 unspecified atom stereocenters. The molecule has 0 saturated carbocycles. The van der Waals surface area contributed by atoms with Gasteiger partial charge in [-0.25, -0.2) is 19.2 Å². The molecule has 7 aromatic rings. The number of aliphatic hydroxyl groups excluding tert-OH is 2. The molecule has 0 radical (unpaired) electrons. The molecule has 5 aromatic heterocycles. The summed E-state index contributed by atoms with van der Waals surface area (Å²) in [4.78, 5) is 88.3. The fraction of sp³-hybridized carbons (Fsp3) is 0.358. The molecule has 2 aliphatic rings. The molecule has 9 rings (SSSR count). The highest BCUT2D eigenvalue weighted by molar-refractivity contribution is 6.12. The quantitative estimate of drug-likeness (QED) is 0.0513. The predicted octanol–water partition coefficient (Wildman–Crippen LogP) is 4.96. The Labute approximate surface area is 441 Å². The second-order valence-electron chi connectivity index (χ2n) is 19.6. The Morgan fingerprint density at radius 1 is 0.603 bits per heavy atom. The fourth-order valence-electron chi connectivity index (χ4n) is 9.69. The summed E-state index contributed by atoms with van der Waals surface area (Å²) in [5, 5.41) is 50.2. The molecular formula is C53H55N5O20. The standard InChI is InChI=1S/C53H55N5O20/c1-21-26(44(63)57-32-34(59)24-14-16-29(22(2)38(24)73-48(32)67)71-50-36(61)40(42(69-8)52(4,5)77-50)75-46(65)27-12-10-18-54-27)20-56-31(21)45(64)58-33-35(60)25-15-17-30(23(3)39(25)74-49(33)68)72-51-37(62)41(43(70-9)53(6,7)78-51)76-47(66)28-13-11-19-55-28/h10-20,36-37,40-43,50-51,54-56,59-62H,1-9H3,(H,57,63)(H,58,64)/t36-,37-,40+,41+,42-,43-,50-,51-/m1/s1. The number of rotatable bonds is 14. The van der Waals surface area contributed by atoms with Crippen molar-refractivity contribution in [1.82, 2.24) is 15.0 Å². The molecule has 2 aromatic carbocycles. The van der Waals surface area contributed by atoms with Gasteiger partial charge in [0.1, 0.15) is 52.0 Å². The molecule has 8 atom stereocenters. The summed E-state index contributed by atoms with van der Waals surface area (Å²) >= 11 is 0. The van der Waals surface area contributed by atoms with Gasteiger partial charge in [-0.05, 0) is 103 Å². The Morgan fingerprint density at radius 3 is 1.42 bits per heavy atom. The summed E-state index contributed by atoms with van der Waals surface area (Å²) < 4.78 is 58.1. The predicted molar refractivity (Wildman–Crippen MR) is 272 cm³/mol. The number of esters is 2. The Morgan fingerprint density at radius 2 is 1.03 bits per heavy atom. The lowest BCUT2D eigenvalue weighted by molar-refractivity contribution is -0.305. The third kappa shape index (κ3) is 9.82. The molecule has 0 aliphatic carbocycles. The number of carbonyl (C=O) groups excluding carboxylic acids is 4. The maximum absolute atomic E-state index is 13.7. The van der Waals surface area contributed by atoms with Crippen LogP contribution in [0, 0.1) is 20.8 Å². The first-order valence-corrected chi connectivity index (χ1v) is 24.1. The smallest absolute Gasteiger partial charge is 0.364 e. The molecule has 2 amide bonds. The lowest BCUT2D eigenvalue weighted by atomic mass is 9.89. The third-order valence-corrected chi connectivity index (χ3v) is 13.7. The molecule has 412 valence electrons. The number of carbonyl (C=O) groups is 4. The van der Waals surface area contributed by atoms with Crippen LogP contribution in [-0.2, 0) is 28.4 Å². The average Bonchev–Trinajstić information content (AvgIpc) is 4.23. The highest BCUT2D eigenvalue weighted by Gasteiger charge is 2.55. The summed E-state index contributed by atoms with van der Waals surface area (Å²) in [7, 11) is 2.75. The van der Waals surface area contributed by atoms with Gasteiger partial charge in [0.2, 0.25) is 12.6 Å². The molecular weight excluding hydrogens is 1030 g/mol. The van der Waals surface area contributed by atoms with E-state index in [4.69, 9.17) is 46.7 Å². The molecule has 78 heavy (non-hydrogen) atoms. The number of benzene rings is 2. The number of aromatic hydroxyl groups is 2. The van der Waals surface area contributed by atoms with E-state index in [2.05, 4.69) is 25.6 Å². The highest BCUT2D eigenvalue weighted by atomic mass is 16.7. The van der Waals surface area contributed by atoms with Crippen LogP contribution in [0.5, 0.6) is 23.0 Å². The van der Waals surface area contributed by atoms with Crippen LogP contribution in [0.3, 0.4) is 0 Å². The van der Waals surface area contributed by atoms with E-state index in [-0.39, 0.29) is 72.8 Å². The van der Waals surface area contributed by atoms with Gasteiger partial charge in [-0.3, -0.25) is 9.59 Å². The zero-order chi connectivity index (χ0) is 56.3. The number of fused-ring (bicyclic) bond motifs is 2. The van der Waals surface area contributed by atoms with Gasteiger partial charge in [0.05, 0.1) is 27.5 Å². The minimum absolute atomic E-state index is 0.0245. The number of aryl methyl sites for hydroxylation is 2. The summed E-state index contributed by atoms with van der Waals surface area (Å²) in [6, 6.07) is 11.7. The van der Waals surface area contributed by atoms with Crippen molar-refractivity contribution < 1.29 is 86.3 Å². The Bertz CT molecular complexity index is 3350. The normalized spacial score (nSPS) is 22.7. The van der Waals surface area contributed by atoms with E-state index in [0.717, 1.165) is 6.20 Å². The van der Waals surface area contributed by atoms with Crippen LogP contribution in [0.25, 0.3) is 21.9 Å². The van der Waals surface area contributed by atoms with Gasteiger partial charge in [0.25, 0.3) is 11.8 Å². The average molecular weight is 1080 g/mol. The second-order valence-corrected chi connectivity index (χ2v) is 19.6. The SMILES string of the molecule is CO[C@@H]1[C@@H](OC(=O)c2ccc[nH]2)[C@@H](O)[C@H](Oc2ccc3c(O)c(NC(=O)c4c[nH]c(C(=O)Nc5c(O)c6ccc(O[C@@H]7OC(C)(C)[C@H](OC)[C@@H](OC(=O)c8ccc[nH]8)[C@H]7O)c(C)c6oc5=O)c4C)c(=O)oc3c2C)OC1(C)C. The number of aromatic nitrogens is 3. The Hall–Kier alpha value is -8.46.